The average Bonchev–Trinajstić information content (AvgIpc) is 3.03. The number of nitrogens with zero attached hydrogens (tertiary/aromatic N) is 1. The number of rotatable bonds is 5. The summed E-state index contributed by atoms with van der Waals surface area (Å²) < 4.78 is 10.5. The van der Waals surface area contributed by atoms with Crippen molar-refractivity contribution in [1.29, 1.82) is 0 Å². The van der Waals surface area contributed by atoms with Crippen LogP contribution in [0.4, 0.5) is 16.2 Å². The fourth-order valence-corrected chi connectivity index (χ4v) is 3.34. The van der Waals surface area contributed by atoms with Crippen LogP contribution in [-0.2, 0) is 4.79 Å². The second-order valence-corrected chi connectivity index (χ2v) is 6.86. The molecule has 3 amide bonds. The van der Waals surface area contributed by atoms with Crippen molar-refractivity contribution in [2.75, 3.05) is 31.0 Å². The molecule has 1 aliphatic rings. The van der Waals surface area contributed by atoms with Gasteiger partial charge >= 0.3 is 6.03 Å². The van der Waals surface area contributed by atoms with Crippen LogP contribution >= 0.6 is 0 Å². The van der Waals surface area contributed by atoms with Crippen LogP contribution in [0.25, 0.3) is 0 Å². The molecule has 7 heteroatoms. The van der Waals surface area contributed by atoms with E-state index in [2.05, 4.69) is 10.6 Å². The number of anilines is 2. The van der Waals surface area contributed by atoms with Gasteiger partial charge in [-0.1, -0.05) is 17.7 Å². The minimum Gasteiger partial charge on any atom is -0.493 e. The Balaban J connectivity index is 1.65. The van der Waals surface area contributed by atoms with Gasteiger partial charge in [0.25, 0.3) is 0 Å². The molecule has 1 aliphatic heterocycles. The number of hydrogen-bond donors (Lipinski definition) is 2. The van der Waals surface area contributed by atoms with Gasteiger partial charge in [0, 0.05) is 30.4 Å². The number of methoxy groups -OCH3 is 2. The smallest absolute Gasteiger partial charge is 0.319 e. The van der Waals surface area contributed by atoms with E-state index in [1.165, 1.54) is 0 Å². The number of urea groups is 1. The maximum atomic E-state index is 12.5. The maximum absolute atomic E-state index is 12.5. The van der Waals surface area contributed by atoms with Crippen molar-refractivity contribution in [3.8, 4) is 11.5 Å². The molecule has 148 valence electrons. The highest BCUT2D eigenvalue weighted by Gasteiger charge is 2.32. The van der Waals surface area contributed by atoms with Crippen LogP contribution in [0.3, 0.4) is 0 Å². The molecular formula is C21H25N3O4. The monoisotopic (exact) mass is 383 g/mol. The van der Waals surface area contributed by atoms with Crippen molar-refractivity contribution in [1.82, 2.24) is 5.32 Å². The summed E-state index contributed by atoms with van der Waals surface area (Å²) in [5, 5.41) is 5.73. The molecule has 0 radical (unpaired) electrons. The zero-order valence-corrected chi connectivity index (χ0v) is 16.5. The summed E-state index contributed by atoms with van der Waals surface area (Å²) in [6.07, 6.45) is 0.245. The largest absolute Gasteiger partial charge is 0.493 e. The lowest BCUT2D eigenvalue weighted by molar-refractivity contribution is -0.117. The van der Waals surface area contributed by atoms with E-state index in [1.54, 1.807) is 37.3 Å². The number of aryl methyl sites for hydroxylation is 2. The molecule has 1 heterocycles. The first-order valence-electron chi connectivity index (χ1n) is 9.08. The quantitative estimate of drug-likeness (QED) is 0.831. The van der Waals surface area contributed by atoms with Gasteiger partial charge < -0.3 is 25.0 Å². The number of ether oxygens (including phenoxy) is 2. The minimum absolute atomic E-state index is 0.0518. The third-order valence-electron chi connectivity index (χ3n) is 4.77. The lowest BCUT2D eigenvalue weighted by Crippen LogP contribution is -2.39. The van der Waals surface area contributed by atoms with Gasteiger partial charge in [-0.2, -0.15) is 0 Å². The van der Waals surface area contributed by atoms with E-state index in [1.807, 2.05) is 32.0 Å². The van der Waals surface area contributed by atoms with Gasteiger partial charge in [-0.15, -0.1) is 0 Å². The second kappa shape index (κ2) is 8.21. The molecule has 1 atom stereocenters. The van der Waals surface area contributed by atoms with E-state index in [0.717, 1.165) is 16.8 Å². The Morgan fingerprint density at radius 3 is 2.50 bits per heavy atom. The van der Waals surface area contributed by atoms with E-state index in [9.17, 15) is 9.59 Å². The number of nitrogens with one attached hydrogen (secondary N) is 2. The minimum atomic E-state index is -0.320. The molecule has 3 rings (SSSR count). The van der Waals surface area contributed by atoms with Crippen molar-refractivity contribution in [2.24, 2.45) is 0 Å². The summed E-state index contributed by atoms with van der Waals surface area (Å²) in [5.41, 5.74) is 3.59. The van der Waals surface area contributed by atoms with Crippen LogP contribution in [0, 0.1) is 13.8 Å². The Hall–Kier alpha value is -3.22. The molecule has 7 nitrogen and oxygen atoms in total. The van der Waals surface area contributed by atoms with Crippen LogP contribution in [0.5, 0.6) is 11.5 Å². The summed E-state index contributed by atoms with van der Waals surface area (Å²) in [7, 11) is 3.11. The van der Waals surface area contributed by atoms with Crippen molar-refractivity contribution < 1.29 is 19.1 Å². The van der Waals surface area contributed by atoms with Gasteiger partial charge in [0.1, 0.15) is 0 Å². The van der Waals surface area contributed by atoms with E-state index in [4.69, 9.17) is 9.47 Å². The molecule has 0 unspecified atom stereocenters. The number of carbonyl (C=O) groups is 2. The molecule has 28 heavy (non-hydrogen) atoms. The molecule has 0 saturated carbocycles. The Bertz CT molecular complexity index is 897. The topological polar surface area (TPSA) is 79.9 Å². The van der Waals surface area contributed by atoms with Crippen molar-refractivity contribution in [2.45, 2.75) is 26.3 Å². The average molecular weight is 383 g/mol. The SMILES string of the molecule is COc1ccc(N2C[C@H](NC(=O)Nc3ccc(C)cc3C)CC2=O)cc1OC. The molecule has 0 bridgehead atoms. The first kappa shape index (κ1) is 19.5. The van der Waals surface area contributed by atoms with Gasteiger partial charge in [0.15, 0.2) is 11.5 Å². The molecular weight excluding hydrogens is 358 g/mol. The van der Waals surface area contributed by atoms with Crippen LogP contribution in [-0.4, -0.2) is 38.7 Å². The molecule has 0 aromatic heterocycles. The zero-order chi connectivity index (χ0) is 20.3. The fourth-order valence-electron chi connectivity index (χ4n) is 3.34. The highest BCUT2D eigenvalue weighted by molar-refractivity contribution is 5.98. The van der Waals surface area contributed by atoms with E-state index in [0.29, 0.717) is 23.7 Å². The third kappa shape index (κ3) is 4.19. The molecule has 2 N–H and O–H groups in total. The van der Waals surface area contributed by atoms with Gasteiger partial charge in [0.2, 0.25) is 5.91 Å². The van der Waals surface area contributed by atoms with Crippen LogP contribution in [0.1, 0.15) is 17.5 Å². The summed E-state index contributed by atoms with van der Waals surface area (Å²) >= 11 is 0. The number of hydrogen-bond acceptors (Lipinski definition) is 4. The van der Waals surface area contributed by atoms with Crippen molar-refractivity contribution in [3.05, 3.63) is 47.5 Å². The van der Waals surface area contributed by atoms with Crippen molar-refractivity contribution >= 4 is 23.3 Å². The summed E-state index contributed by atoms with van der Waals surface area (Å²) in [5.74, 6) is 1.10. The van der Waals surface area contributed by atoms with Crippen molar-refractivity contribution in [3.63, 3.8) is 0 Å². The van der Waals surface area contributed by atoms with Crippen LogP contribution in [0.2, 0.25) is 0 Å². The molecule has 2 aromatic carbocycles. The predicted octanol–water partition coefficient (Wildman–Crippen LogP) is 3.25. The third-order valence-corrected chi connectivity index (χ3v) is 4.77. The maximum Gasteiger partial charge on any atom is 0.319 e. The molecule has 2 aromatic rings. The van der Waals surface area contributed by atoms with Crippen LogP contribution < -0.4 is 25.0 Å². The van der Waals surface area contributed by atoms with Gasteiger partial charge in [-0.05, 0) is 37.6 Å². The molecule has 1 saturated heterocycles. The van der Waals surface area contributed by atoms with Gasteiger partial charge in [-0.25, -0.2) is 4.79 Å². The molecule has 0 spiro atoms. The van der Waals surface area contributed by atoms with E-state index >= 15 is 0 Å². The first-order valence-corrected chi connectivity index (χ1v) is 9.08. The highest BCUT2D eigenvalue weighted by Crippen LogP contribution is 2.33. The summed E-state index contributed by atoms with van der Waals surface area (Å²) in [6, 6.07) is 10.6. The van der Waals surface area contributed by atoms with Gasteiger partial charge in [0.05, 0.1) is 20.3 Å². The fraction of sp³-hybridized carbons (Fsp3) is 0.333. The molecule has 0 aliphatic carbocycles. The van der Waals surface area contributed by atoms with E-state index in [-0.39, 0.29) is 24.4 Å². The summed E-state index contributed by atoms with van der Waals surface area (Å²) in [4.78, 5) is 26.4. The lowest BCUT2D eigenvalue weighted by Gasteiger charge is -2.19. The van der Waals surface area contributed by atoms with Crippen LogP contribution in [0.15, 0.2) is 36.4 Å². The highest BCUT2D eigenvalue weighted by atomic mass is 16.5. The Labute approximate surface area is 164 Å². The first-order chi connectivity index (χ1) is 13.4. The normalized spacial score (nSPS) is 16.1. The predicted molar refractivity (Wildman–Crippen MR) is 108 cm³/mol. The zero-order valence-electron chi connectivity index (χ0n) is 16.5. The lowest BCUT2D eigenvalue weighted by atomic mass is 10.1. The number of carbonyl (C=O) groups excluding carboxylic acids is 2. The number of benzene rings is 2. The second-order valence-electron chi connectivity index (χ2n) is 6.86. The Morgan fingerprint density at radius 1 is 1.07 bits per heavy atom. The Morgan fingerprint density at radius 2 is 1.82 bits per heavy atom. The standard InChI is InChI=1S/C21H25N3O4/c1-13-5-7-17(14(2)9-13)23-21(26)22-15-10-20(25)24(12-15)16-6-8-18(27-3)19(11-16)28-4/h5-9,11,15H,10,12H2,1-4H3,(H2,22,23,26)/t15-/m1/s1. The summed E-state index contributed by atoms with van der Waals surface area (Å²) in [6.45, 7) is 4.35. The van der Waals surface area contributed by atoms with Gasteiger partial charge in [-0.3, -0.25) is 4.79 Å². The van der Waals surface area contributed by atoms with E-state index < -0.39 is 0 Å². The number of amides is 3. The Kier molecular flexibility index (Phi) is 5.73. The molecule has 1 fully saturated rings.